The predicted octanol–water partition coefficient (Wildman–Crippen LogP) is 7.05. The molecule has 3 aliphatic rings. The Labute approximate surface area is 289 Å². The highest BCUT2D eigenvalue weighted by molar-refractivity contribution is 5.87. The summed E-state index contributed by atoms with van der Waals surface area (Å²) >= 11 is 0. The summed E-state index contributed by atoms with van der Waals surface area (Å²) in [5.74, 6) is 5.52. The maximum Gasteiger partial charge on any atom is 0.204 e. The van der Waals surface area contributed by atoms with Crippen molar-refractivity contribution in [2.24, 2.45) is 0 Å². The highest BCUT2D eigenvalue weighted by atomic mass is 16.5. The molecule has 4 aromatic carbocycles. The molecule has 0 amide bonds. The largest absolute Gasteiger partial charge is 0.493 e. The van der Waals surface area contributed by atoms with Crippen molar-refractivity contribution in [3.05, 3.63) is 81.9 Å². The van der Waals surface area contributed by atoms with E-state index < -0.39 is 0 Å². The molecule has 258 valence electrons. The van der Waals surface area contributed by atoms with Crippen molar-refractivity contribution in [2.75, 3.05) is 69.8 Å². The lowest BCUT2D eigenvalue weighted by atomic mass is 9.76. The molecule has 2 aliphatic heterocycles. The Morgan fingerprint density at radius 2 is 1.24 bits per heavy atom. The van der Waals surface area contributed by atoms with E-state index in [0.29, 0.717) is 17.2 Å². The van der Waals surface area contributed by atoms with E-state index >= 15 is 0 Å². The third kappa shape index (κ3) is 5.59. The van der Waals surface area contributed by atoms with Crippen LogP contribution in [-0.4, -0.2) is 79.6 Å². The maximum absolute atomic E-state index is 6.80. The summed E-state index contributed by atoms with van der Waals surface area (Å²) in [4.78, 5) is 4.84. The lowest BCUT2D eigenvalue weighted by Crippen LogP contribution is -2.36. The predicted molar refractivity (Wildman–Crippen MR) is 190 cm³/mol. The van der Waals surface area contributed by atoms with Crippen LogP contribution in [0.25, 0.3) is 11.1 Å². The molecular formula is C40H46N2O7. The van der Waals surface area contributed by atoms with Crippen LogP contribution in [0.3, 0.4) is 0 Å². The first-order valence-corrected chi connectivity index (χ1v) is 16.8. The number of fused-ring (bicyclic) bond motifs is 3. The maximum atomic E-state index is 6.80. The fourth-order valence-electron chi connectivity index (χ4n) is 8.03. The van der Waals surface area contributed by atoms with Gasteiger partial charge in [0.25, 0.3) is 0 Å². The van der Waals surface area contributed by atoms with Crippen LogP contribution in [0, 0.1) is 0 Å². The number of ether oxygens (including phenoxy) is 7. The van der Waals surface area contributed by atoms with Gasteiger partial charge >= 0.3 is 0 Å². The molecule has 1 aliphatic carbocycles. The molecule has 0 saturated heterocycles. The van der Waals surface area contributed by atoms with E-state index in [1.54, 1.807) is 42.7 Å². The summed E-state index contributed by atoms with van der Waals surface area (Å²) in [5, 5.41) is 0. The summed E-state index contributed by atoms with van der Waals surface area (Å²) in [6, 6.07) is 17.2. The molecule has 9 nitrogen and oxygen atoms in total. The number of methoxy groups -OCH3 is 6. The quantitative estimate of drug-likeness (QED) is 0.177. The topological polar surface area (TPSA) is 71.1 Å². The Balaban J connectivity index is 1.26. The molecular weight excluding hydrogens is 620 g/mol. The highest BCUT2D eigenvalue weighted by Crippen LogP contribution is 2.57. The van der Waals surface area contributed by atoms with Crippen molar-refractivity contribution in [3.8, 4) is 57.1 Å². The number of hydrogen-bond acceptors (Lipinski definition) is 9. The van der Waals surface area contributed by atoms with Gasteiger partial charge in [0.1, 0.15) is 5.75 Å². The minimum atomic E-state index is 0.155. The fraction of sp³-hybridized carbons (Fsp3) is 0.400. The number of rotatable bonds is 10. The van der Waals surface area contributed by atoms with E-state index in [4.69, 9.17) is 33.2 Å². The Morgan fingerprint density at radius 1 is 0.633 bits per heavy atom. The highest BCUT2D eigenvalue weighted by Gasteiger charge is 2.39. The van der Waals surface area contributed by atoms with Gasteiger partial charge in [-0.2, -0.15) is 0 Å². The van der Waals surface area contributed by atoms with Crippen molar-refractivity contribution in [1.29, 1.82) is 0 Å². The monoisotopic (exact) mass is 666 g/mol. The molecule has 9 heteroatoms. The average Bonchev–Trinajstić information content (AvgIpc) is 3.13. The third-order valence-electron chi connectivity index (χ3n) is 10.6. The molecule has 2 unspecified atom stereocenters. The second-order valence-electron chi connectivity index (χ2n) is 13.1. The second-order valence-corrected chi connectivity index (χ2v) is 13.1. The minimum Gasteiger partial charge on any atom is -0.493 e. The van der Waals surface area contributed by atoms with E-state index in [1.807, 2.05) is 12.1 Å². The first kappa shape index (κ1) is 32.9. The molecule has 2 atom stereocenters. The van der Waals surface area contributed by atoms with Gasteiger partial charge in [-0.15, -0.1) is 0 Å². The zero-order valence-electron chi connectivity index (χ0n) is 29.8. The van der Waals surface area contributed by atoms with E-state index in [1.165, 1.54) is 27.8 Å². The zero-order valence-corrected chi connectivity index (χ0v) is 29.8. The molecule has 4 aromatic rings. The van der Waals surface area contributed by atoms with Gasteiger partial charge in [-0.25, -0.2) is 0 Å². The molecule has 0 aromatic heterocycles. The molecule has 0 N–H and O–H groups in total. The first-order valence-electron chi connectivity index (χ1n) is 16.8. The van der Waals surface area contributed by atoms with Gasteiger partial charge in [0, 0.05) is 36.3 Å². The van der Waals surface area contributed by atoms with Crippen LogP contribution in [-0.2, 0) is 25.7 Å². The Kier molecular flexibility index (Phi) is 8.98. The summed E-state index contributed by atoms with van der Waals surface area (Å²) in [6.45, 7) is 1.93. The summed E-state index contributed by atoms with van der Waals surface area (Å²) in [6.07, 6.45) is 3.53. The van der Waals surface area contributed by atoms with E-state index in [-0.39, 0.29) is 12.1 Å². The van der Waals surface area contributed by atoms with Crippen LogP contribution in [0.2, 0.25) is 0 Å². The number of hydrogen-bond donors (Lipinski definition) is 0. The number of likely N-dealkylation sites (N-methyl/N-ethyl adjacent to an activating group) is 2. The number of nitrogens with zero attached hydrogens (tertiary/aromatic N) is 2. The van der Waals surface area contributed by atoms with Crippen molar-refractivity contribution in [1.82, 2.24) is 9.80 Å². The zero-order chi connectivity index (χ0) is 34.4. The van der Waals surface area contributed by atoms with E-state index in [0.717, 1.165) is 84.2 Å². The first-order chi connectivity index (χ1) is 23.8. The SMILES string of the molecule is COc1cc2c(cc1OC)C(Cc1ccc(Oc3c4c(cc(OC)c3OC)-c3c(OC)c(OC)cc5c3C(C4)N(C)CC5)cc1)N(C)CC2. The number of benzene rings is 4. The van der Waals surface area contributed by atoms with Gasteiger partial charge in [-0.3, -0.25) is 9.80 Å². The van der Waals surface area contributed by atoms with Crippen LogP contribution in [0.4, 0.5) is 0 Å². The van der Waals surface area contributed by atoms with Crippen molar-refractivity contribution >= 4 is 0 Å². The van der Waals surface area contributed by atoms with Crippen LogP contribution in [0.5, 0.6) is 46.0 Å². The molecule has 7 rings (SSSR count). The molecule has 2 heterocycles. The van der Waals surface area contributed by atoms with Crippen LogP contribution < -0.4 is 33.2 Å². The molecule has 0 fully saturated rings. The lowest BCUT2D eigenvalue weighted by molar-refractivity contribution is 0.225. The van der Waals surface area contributed by atoms with Crippen molar-refractivity contribution < 1.29 is 33.2 Å². The fourth-order valence-corrected chi connectivity index (χ4v) is 8.03. The Bertz CT molecular complexity index is 1870. The summed E-state index contributed by atoms with van der Waals surface area (Å²) in [7, 11) is 14.5. The van der Waals surface area contributed by atoms with Crippen LogP contribution in [0.15, 0.2) is 48.5 Å². The van der Waals surface area contributed by atoms with E-state index in [2.05, 4.69) is 60.3 Å². The smallest absolute Gasteiger partial charge is 0.204 e. The third-order valence-corrected chi connectivity index (χ3v) is 10.6. The van der Waals surface area contributed by atoms with E-state index in [9.17, 15) is 0 Å². The van der Waals surface area contributed by atoms with Crippen LogP contribution in [0.1, 0.15) is 45.5 Å². The van der Waals surface area contributed by atoms with Crippen molar-refractivity contribution in [3.63, 3.8) is 0 Å². The summed E-state index contributed by atoms with van der Waals surface area (Å²) in [5.41, 5.74) is 9.47. The standard InChI is InChI=1S/C40H46N2O7/c1-41-15-13-24-18-32(43-3)33(44-4)21-27(24)30(41)17-23-9-11-26(12-10-23)49-38-29-20-31-36-25(14-16-42(31)2)19-34(45-5)39(47-7)37(36)28(29)22-35(46-6)40(38)48-8/h9-12,18-19,21-22,30-31H,13-17,20H2,1-8H3. The normalized spacial score (nSPS) is 18.1. The minimum absolute atomic E-state index is 0.155. The van der Waals surface area contributed by atoms with Gasteiger partial charge in [0.15, 0.2) is 34.5 Å². The van der Waals surface area contributed by atoms with Gasteiger partial charge in [0.2, 0.25) is 5.75 Å². The van der Waals surface area contributed by atoms with Crippen molar-refractivity contribution in [2.45, 2.75) is 37.8 Å². The van der Waals surface area contributed by atoms with Gasteiger partial charge < -0.3 is 33.2 Å². The summed E-state index contributed by atoms with van der Waals surface area (Å²) < 4.78 is 41.8. The van der Waals surface area contributed by atoms with Gasteiger partial charge in [0.05, 0.1) is 42.7 Å². The molecule has 0 bridgehead atoms. The Hall–Kier alpha value is -4.60. The van der Waals surface area contributed by atoms with Crippen LogP contribution >= 0.6 is 0 Å². The molecule has 0 spiro atoms. The second kappa shape index (κ2) is 13.4. The lowest BCUT2D eigenvalue weighted by Gasteiger charge is -2.41. The van der Waals surface area contributed by atoms with Gasteiger partial charge in [-0.1, -0.05) is 12.1 Å². The molecule has 49 heavy (non-hydrogen) atoms. The average molecular weight is 667 g/mol. The van der Waals surface area contributed by atoms with Gasteiger partial charge in [-0.05, 0) is 110 Å². The molecule has 0 radical (unpaired) electrons. The Morgan fingerprint density at radius 3 is 1.92 bits per heavy atom. The molecule has 0 saturated carbocycles.